The van der Waals surface area contributed by atoms with Crippen LogP contribution >= 0.6 is 0 Å². The van der Waals surface area contributed by atoms with Crippen molar-refractivity contribution in [2.75, 3.05) is 6.73 Å². The van der Waals surface area contributed by atoms with Gasteiger partial charge < -0.3 is 10.1 Å². The van der Waals surface area contributed by atoms with Crippen LogP contribution < -0.4 is 5.32 Å². The lowest BCUT2D eigenvalue weighted by atomic mass is 10.2. The Bertz CT molecular complexity index is 292. The molecule has 0 bridgehead atoms. The molecule has 0 spiro atoms. The summed E-state index contributed by atoms with van der Waals surface area (Å²) in [7, 11) is 0. The van der Waals surface area contributed by atoms with Gasteiger partial charge in [-0.15, -0.1) is 0 Å². The molecule has 2 heteroatoms. The summed E-state index contributed by atoms with van der Waals surface area (Å²) in [6.07, 6.45) is 1.66. The number of benzene rings is 1. The van der Waals surface area contributed by atoms with Crippen LogP contribution in [0.15, 0.2) is 55.3 Å². The van der Waals surface area contributed by atoms with E-state index >= 15 is 0 Å². The van der Waals surface area contributed by atoms with Gasteiger partial charge in [0.15, 0.2) is 0 Å². The van der Waals surface area contributed by atoms with Gasteiger partial charge in [0.2, 0.25) is 0 Å². The molecule has 1 N–H and O–H groups in total. The van der Waals surface area contributed by atoms with E-state index in [2.05, 4.69) is 18.5 Å². The van der Waals surface area contributed by atoms with Gasteiger partial charge in [0.05, 0.1) is 6.61 Å². The van der Waals surface area contributed by atoms with Crippen molar-refractivity contribution >= 4 is 0 Å². The van der Waals surface area contributed by atoms with Crippen molar-refractivity contribution in [1.29, 1.82) is 0 Å². The zero-order chi connectivity index (χ0) is 10.2. The van der Waals surface area contributed by atoms with E-state index in [0.717, 1.165) is 5.70 Å². The highest BCUT2D eigenvalue weighted by atomic mass is 16.5. The lowest BCUT2D eigenvalue weighted by Gasteiger charge is -2.06. The summed E-state index contributed by atoms with van der Waals surface area (Å²) in [6, 6.07) is 10.0. The van der Waals surface area contributed by atoms with Crippen molar-refractivity contribution in [2.45, 2.75) is 6.61 Å². The number of hydrogen-bond acceptors (Lipinski definition) is 2. The molecule has 0 radical (unpaired) electrons. The molecule has 0 aliphatic rings. The van der Waals surface area contributed by atoms with E-state index in [1.165, 1.54) is 5.56 Å². The fraction of sp³-hybridized carbons (Fsp3) is 0.167. The van der Waals surface area contributed by atoms with Gasteiger partial charge in [-0.3, -0.25) is 0 Å². The molecule has 74 valence electrons. The number of ether oxygens (including phenoxy) is 1. The fourth-order valence-corrected chi connectivity index (χ4v) is 0.959. The van der Waals surface area contributed by atoms with Crippen LogP contribution in [0.25, 0.3) is 0 Å². The second-order valence-corrected chi connectivity index (χ2v) is 2.88. The maximum Gasteiger partial charge on any atom is 0.116 e. The van der Waals surface area contributed by atoms with Crippen molar-refractivity contribution < 1.29 is 4.74 Å². The van der Waals surface area contributed by atoms with Crippen molar-refractivity contribution in [3.8, 4) is 0 Å². The van der Waals surface area contributed by atoms with Crippen molar-refractivity contribution in [1.82, 2.24) is 5.32 Å². The van der Waals surface area contributed by atoms with Crippen molar-refractivity contribution in [2.24, 2.45) is 0 Å². The van der Waals surface area contributed by atoms with E-state index in [-0.39, 0.29) is 0 Å². The van der Waals surface area contributed by atoms with Gasteiger partial charge in [-0.2, -0.15) is 0 Å². The Morgan fingerprint density at radius 3 is 2.71 bits per heavy atom. The summed E-state index contributed by atoms with van der Waals surface area (Å²) >= 11 is 0. The second-order valence-electron chi connectivity index (χ2n) is 2.88. The van der Waals surface area contributed by atoms with Crippen LogP contribution in [0.3, 0.4) is 0 Å². The maximum atomic E-state index is 5.37. The zero-order valence-electron chi connectivity index (χ0n) is 8.20. The Morgan fingerprint density at radius 1 is 1.36 bits per heavy atom. The topological polar surface area (TPSA) is 21.3 Å². The lowest BCUT2D eigenvalue weighted by molar-refractivity contribution is 0.111. The van der Waals surface area contributed by atoms with Gasteiger partial charge in [-0.05, 0) is 11.6 Å². The van der Waals surface area contributed by atoms with Gasteiger partial charge >= 0.3 is 0 Å². The first-order chi connectivity index (χ1) is 6.83. The molecule has 1 aromatic rings. The minimum Gasteiger partial charge on any atom is -0.363 e. The minimum atomic E-state index is 0.458. The van der Waals surface area contributed by atoms with Crippen LogP contribution in [-0.4, -0.2) is 6.73 Å². The summed E-state index contributed by atoms with van der Waals surface area (Å²) in [5.74, 6) is 0. The van der Waals surface area contributed by atoms with Gasteiger partial charge in [0.1, 0.15) is 6.73 Å². The molecule has 1 aromatic carbocycles. The van der Waals surface area contributed by atoms with E-state index in [4.69, 9.17) is 4.74 Å². The Morgan fingerprint density at radius 2 is 2.07 bits per heavy atom. The van der Waals surface area contributed by atoms with Crippen molar-refractivity contribution in [3.05, 3.63) is 60.8 Å². The maximum absolute atomic E-state index is 5.37. The third-order valence-corrected chi connectivity index (χ3v) is 1.76. The largest absolute Gasteiger partial charge is 0.363 e. The summed E-state index contributed by atoms with van der Waals surface area (Å²) in [5, 5.41) is 2.97. The van der Waals surface area contributed by atoms with Crippen LogP contribution in [0.1, 0.15) is 5.56 Å². The quantitative estimate of drug-likeness (QED) is 0.421. The monoisotopic (exact) mass is 189 g/mol. The van der Waals surface area contributed by atoms with E-state index in [0.29, 0.717) is 13.3 Å². The number of nitrogens with one attached hydrogen (secondary N) is 1. The molecule has 0 heterocycles. The highest BCUT2D eigenvalue weighted by molar-refractivity contribution is 5.13. The number of rotatable bonds is 6. The molecular formula is C12H15NO. The molecule has 0 aromatic heterocycles. The van der Waals surface area contributed by atoms with E-state index in [9.17, 15) is 0 Å². The van der Waals surface area contributed by atoms with Gasteiger partial charge in [-0.25, -0.2) is 0 Å². The molecule has 0 amide bonds. The number of hydrogen-bond donors (Lipinski definition) is 1. The fourth-order valence-electron chi connectivity index (χ4n) is 0.959. The first-order valence-electron chi connectivity index (χ1n) is 4.50. The van der Waals surface area contributed by atoms with Gasteiger partial charge in [-0.1, -0.05) is 43.5 Å². The molecular weight excluding hydrogens is 174 g/mol. The Balaban J connectivity index is 2.16. The van der Waals surface area contributed by atoms with E-state index in [1.54, 1.807) is 6.08 Å². The van der Waals surface area contributed by atoms with Gasteiger partial charge in [0, 0.05) is 5.70 Å². The van der Waals surface area contributed by atoms with Crippen LogP contribution in [0, 0.1) is 0 Å². The number of allylic oxidation sites excluding steroid dienone is 1. The average molecular weight is 189 g/mol. The predicted octanol–water partition coefficient (Wildman–Crippen LogP) is 2.45. The first kappa shape index (κ1) is 10.5. The molecule has 0 unspecified atom stereocenters. The molecule has 2 nitrogen and oxygen atoms in total. The highest BCUT2D eigenvalue weighted by Crippen LogP contribution is 1.99. The molecule has 1 rings (SSSR count). The summed E-state index contributed by atoms with van der Waals surface area (Å²) in [6.45, 7) is 8.36. The second kappa shape index (κ2) is 6.00. The Labute approximate surface area is 84.9 Å². The van der Waals surface area contributed by atoms with Crippen LogP contribution in [0.5, 0.6) is 0 Å². The summed E-state index contributed by atoms with van der Waals surface area (Å²) in [5.41, 5.74) is 1.94. The Hall–Kier alpha value is -1.54. The van der Waals surface area contributed by atoms with E-state index in [1.807, 2.05) is 30.3 Å². The predicted molar refractivity (Wildman–Crippen MR) is 58.6 cm³/mol. The van der Waals surface area contributed by atoms with Crippen LogP contribution in [-0.2, 0) is 11.3 Å². The molecule has 14 heavy (non-hydrogen) atoms. The third kappa shape index (κ3) is 3.92. The summed E-state index contributed by atoms with van der Waals surface area (Å²) in [4.78, 5) is 0. The average Bonchev–Trinajstić information content (AvgIpc) is 2.25. The zero-order valence-corrected chi connectivity index (χ0v) is 8.20. The normalized spacial score (nSPS) is 9.43. The molecule has 0 atom stereocenters. The smallest absolute Gasteiger partial charge is 0.116 e. The minimum absolute atomic E-state index is 0.458. The SMILES string of the molecule is C=CC(=C)NCOCc1ccccc1. The standard InChI is InChI=1S/C12H15NO/c1-3-11(2)13-10-14-9-12-7-5-4-6-8-12/h3-8,13H,1-2,9-10H2. The van der Waals surface area contributed by atoms with Crippen molar-refractivity contribution in [3.63, 3.8) is 0 Å². The Kier molecular flexibility index (Phi) is 4.51. The highest BCUT2D eigenvalue weighted by Gasteiger charge is 1.90. The molecule has 0 aliphatic carbocycles. The molecule has 0 saturated carbocycles. The summed E-state index contributed by atoms with van der Waals surface area (Å²) < 4.78 is 5.37. The van der Waals surface area contributed by atoms with Crippen LogP contribution in [0.2, 0.25) is 0 Å². The third-order valence-electron chi connectivity index (χ3n) is 1.76. The van der Waals surface area contributed by atoms with Gasteiger partial charge in [0.25, 0.3) is 0 Å². The van der Waals surface area contributed by atoms with E-state index < -0.39 is 0 Å². The van der Waals surface area contributed by atoms with Crippen LogP contribution in [0.4, 0.5) is 0 Å². The first-order valence-corrected chi connectivity index (χ1v) is 4.50. The molecule has 0 saturated heterocycles. The lowest BCUT2D eigenvalue weighted by Crippen LogP contribution is -2.15. The molecule has 0 fully saturated rings. The molecule has 0 aliphatic heterocycles.